The molecule has 2 rings (SSSR count). The van der Waals surface area contributed by atoms with Crippen LogP contribution in [0.2, 0.25) is 10.3 Å². The highest BCUT2D eigenvalue weighted by molar-refractivity contribution is 8.02. The van der Waals surface area contributed by atoms with Crippen molar-refractivity contribution in [2.45, 2.75) is 12.8 Å². The molecule has 0 radical (unpaired) electrons. The summed E-state index contributed by atoms with van der Waals surface area (Å²) in [7, 11) is 3.30. The summed E-state index contributed by atoms with van der Waals surface area (Å²) in [5.41, 5.74) is 2.81. The van der Waals surface area contributed by atoms with Crippen LogP contribution in [0.5, 0.6) is 0 Å². The van der Waals surface area contributed by atoms with Crippen molar-refractivity contribution in [1.82, 2.24) is 20.6 Å². The van der Waals surface area contributed by atoms with Gasteiger partial charge in [0.25, 0.3) is 6.20 Å². The number of likely N-dealkylation sites (N-methyl/N-ethyl adjacent to an activating group) is 2. The van der Waals surface area contributed by atoms with Crippen LogP contribution >= 0.6 is 35.0 Å². The van der Waals surface area contributed by atoms with Crippen molar-refractivity contribution in [1.29, 1.82) is 0 Å². The van der Waals surface area contributed by atoms with E-state index in [1.54, 1.807) is 57.0 Å². The zero-order chi connectivity index (χ0) is 24.1. The molecule has 13 heteroatoms. The van der Waals surface area contributed by atoms with Gasteiger partial charge < -0.3 is 10.6 Å². The number of nitrogens with one attached hydrogen (secondary N) is 2. The van der Waals surface area contributed by atoms with Gasteiger partial charge in [0.2, 0.25) is 0 Å². The van der Waals surface area contributed by atoms with Gasteiger partial charge in [0.1, 0.15) is 16.0 Å². The van der Waals surface area contributed by atoms with Crippen molar-refractivity contribution >= 4 is 35.0 Å². The summed E-state index contributed by atoms with van der Waals surface area (Å²) in [6.07, 6.45) is 6.68. The second-order valence-corrected chi connectivity index (χ2v) is 7.59. The van der Waals surface area contributed by atoms with Gasteiger partial charge in [0.05, 0.1) is 15.5 Å². The molecule has 0 bridgehead atoms. The van der Waals surface area contributed by atoms with E-state index in [4.69, 9.17) is 23.2 Å². The number of halogens is 2. The number of nitrogens with zero attached hydrogens (tertiary/aromatic N) is 4. The lowest BCUT2D eigenvalue weighted by Crippen LogP contribution is -2.14. The molecule has 172 valence electrons. The molecular weight excluding hydrogens is 479 g/mol. The second kappa shape index (κ2) is 14.2. The minimum atomic E-state index is -0.491. The summed E-state index contributed by atoms with van der Waals surface area (Å²) < 4.78 is 0. The SMILES string of the molecule is CN/C(=C\[N+](=O)[O-])Cc1ccc(Cl)nc1.CN/C(Cc1ccc(Cl)nc1)=C(/SC)[N+](=O)[O-]. The molecule has 0 aliphatic carbocycles. The predicted octanol–water partition coefficient (Wildman–Crippen LogP) is 3.92. The molecule has 0 amide bonds. The number of hydrogen-bond acceptors (Lipinski definition) is 9. The summed E-state index contributed by atoms with van der Waals surface area (Å²) in [4.78, 5) is 28.0. The molecular formula is C19H22Cl2N6O4S. The van der Waals surface area contributed by atoms with Crippen molar-refractivity contribution in [3.8, 4) is 0 Å². The molecule has 2 aromatic heterocycles. The van der Waals surface area contributed by atoms with Gasteiger partial charge in [-0.1, -0.05) is 47.1 Å². The Morgan fingerprint density at radius 2 is 1.53 bits per heavy atom. The summed E-state index contributed by atoms with van der Waals surface area (Å²) in [6, 6.07) is 6.89. The first-order valence-corrected chi connectivity index (χ1v) is 11.0. The minimum absolute atomic E-state index is 0.113. The van der Waals surface area contributed by atoms with Crippen LogP contribution in [0.3, 0.4) is 0 Å². The highest BCUT2D eigenvalue weighted by Gasteiger charge is 2.16. The number of nitro groups is 2. The van der Waals surface area contributed by atoms with E-state index >= 15 is 0 Å². The van der Waals surface area contributed by atoms with E-state index in [-0.39, 0.29) is 9.95 Å². The molecule has 10 nitrogen and oxygen atoms in total. The third-order valence-corrected chi connectivity index (χ3v) is 5.08. The van der Waals surface area contributed by atoms with E-state index in [1.165, 1.54) is 0 Å². The van der Waals surface area contributed by atoms with Gasteiger partial charge in [0, 0.05) is 39.3 Å². The largest absolute Gasteiger partial charge is 0.386 e. The standard InChI is InChI=1S/C10H12ClN3O2S.C9H10ClN3O2/c1-12-8(10(17-2)14(15)16)5-7-3-4-9(11)13-6-7;1-11-8(6-13(14)15)4-7-2-3-9(10)12-5-7/h3-4,6,12H,5H2,1-2H3;2-3,5-6,11H,4H2,1H3/b10-8+;8-6-. The van der Waals surface area contributed by atoms with E-state index < -0.39 is 4.92 Å². The molecule has 2 aromatic rings. The fraction of sp³-hybridized carbons (Fsp3) is 0.263. The average molecular weight is 501 g/mol. The molecule has 0 fully saturated rings. The fourth-order valence-electron chi connectivity index (χ4n) is 2.35. The highest BCUT2D eigenvalue weighted by Crippen LogP contribution is 2.19. The fourth-order valence-corrected chi connectivity index (χ4v) is 3.14. The van der Waals surface area contributed by atoms with E-state index in [2.05, 4.69) is 20.6 Å². The number of allylic oxidation sites excluding steroid dienone is 2. The Hall–Kier alpha value is -2.89. The van der Waals surface area contributed by atoms with Crippen molar-refractivity contribution in [3.63, 3.8) is 0 Å². The Bertz CT molecular complexity index is 969. The minimum Gasteiger partial charge on any atom is -0.386 e. The summed E-state index contributed by atoms with van der Waals surface area (Å²) in [6.45, 7) is 0. The molecule has 2 N–H and O–H groups in total. The molecule has 0 aliphatic rings. The van der Waals surface area contributed by atoms with Crippen LogP contribution in [0.4, 0.5) is 0 Å². The van der Waals surface area contributed by atoms with Gasteiger partial charge in [-0.3, -0.25) is 20.2 Å². The summed E-state index contributed by atoms with van der Waals surface area (Å²) in [5, 5.41) is 27.6. The molecule has 0 aromatic carbocycles. The zero-order valence-electron chi connectivity index (χ0n) is 17.5. The predicted molar refractivity (Wildman–Crippen MR) is 127 cm³/mol. The molecule has 0 saturated heterocycles. The smallest absolute Gasteiger partial charge is 0.321 e. The number of rotatable bonds is 9. The van der Waals surface area contributed by atoms with Gasteiger partial charge >= 0.3 is 5.03 Å². The van der Waals surface area contributed by atoms with Crippen molar-refractivity contribution in [3.05, 3.63) is 101 Å². The normalized spacial score (nSPS) is 11.6. The number of hydrogen-bond donors (Lipinski definition) is 2. The van der Waals surface area contributed by atoms with E-state index in [0.29, 0.717) is 34.5 Å². The third-order valence-electron chi connectivity index (χ3n) is 3.85. The molecule has 32 heavy (non-hydrogen) atoms. The van der Waals surface area contributed by atoms with Crippen LogP contribution in [0.15, 0.2) is 59.3 Å². The molecule has 0 unspecified atom stereocenters. The van der Waals surface area contributed by atoms with Crippen LogP contribution in [0.1, 0.15) is 11.1 Å². The van der Waals surface area contributed by atoms with Crippen LogP contribution in [-0.2, 0) is 12.8 Å². The molecule has 0 atom stereocenters. The monoisotopic (exact) mass is 500 g/mol. The van der Waals surface area contributed by atoms with E-state index in [0.717, 1.165) is 29.1 Å². The van der Waals surface area contributed by atoms with Gasteiger partial charge in [0.15, 0.2) is 0 Å². The number of pyridine rings is 2. The lowest BCUT2D eigenvalue weighted by atomic mass is 10.2. The zero-order valence-corrected chi connectivity index (χ0v) is 19.9. The van der Waals surface area contributed by atoms with Gasteiger partial charge in [-0.2, -0.15) is 0 Å². The first-order valence-electron chi connectivity index (χ1n) is 9.02. The average Bonchev–Trinajstić information content (AvgIpc) is 2.76. The Balaban J connectivity index is 0.000000323. The molecule has 0 aliphatic heterocycles. The van der Waals surface area contributed by atoms with Gasteiger partial charge in [-0.25, -0.2) is 9.97 Å². The second-order valence-electron chi connectivity index (χ2n) is 6.02. The maximum Gasteiger partial charge on any atom is 0.321 e. The van der Waals surface area contributed by atoms with Crippen molar-refractivity contribution in [2.24, 2.45) is 0 Å². The Morgan fingerprint density at radius 3 is 1.88 bits per heavy atom. The lowest BCUT2D eigenvalue weighted by Gasteiger charge is -2.07. The van der Waals surface area contributed by atoms with Gasteiger partial charge in [-0.15, -0.1) is 0 Å². The van der Waals surface area contributed by atoms with E-state index in [1.807, 2.05) is 0 Å². The van der Waals surface area contributed by atoms with Crippen LogP contribution in [0.25, 0.3) is 0 Å². The first-order chi connectivity index (χ1) is 15.2. The van der Waals surface area contributed by atoms with Crippen LogP contribution in [0, 0.1) is 20.2 Å². The third kappa shape index (κ3) is 9.94. The Labute approximate surface area is 199 Å². The summed E-state index contributed by atoms with van der Waals surface area (Å²) in [5.74, 6) is 0. The Kier molecular flexibility index (Phi) is 12.1. The number of thioether (sulfide) groups is 1. The van der Waals surface area contributed by atoms with Crippen molar-refractivity contribution < 1.29 is 9.85 Å². The summed E-state index contributed by atoms with van der Waals surface area (Å²) >= 11 is 12.4. The highest BCUT2D eigenvalue weighted by atomic mass is 35.5. The first kappa shape index (κ1) is 27.1. The van der Waals surface area contributed by atoms with Gasteiger partial charge in [-0.05, 0) is 29.5 Å². The molecule has 0 spiro atoms. The van der Waals surface area contributed by atoms with Crippen LogP contribution < -0.4 is 10.6 Å². The molecule has 2 heterocycles. The number of aromatic nitrogens is 2. The quantitative estimate of drug-likeness (QED) is 0.298. The Morgan fingerprint density at radius 1 is 1.00 bits per heavy atom. The van der Waals surface area contributed by atoms with E-state index in [9.17, 15) is 20.2 Å². The maximum absolute atomic E-state index is 10.8. The molecule has 0 saturated carbocycles. The van der Waals surface area contributed by atoms with Crippen LogP contribution in [-0.4, -0.2) is 40.2 Å². The van der Waals surface area contributed by atoms with Crippen molar-refractivity contribution in [2.75, 3.05) is 20.4 Å². The lowest BCUT2D eigenvalue weighted by molar-refractivity contribution is -0.411. The maximum atomic E-state index is 10.8. The topological polar surface area (TPSA) is 136 Å².